The van der Waals surface area contributed by atoms with Crippen molar-refractivity contribution in [3.63, 3.8) is 0 Å². The van der Waals surface area contributed by atoms with Crippen molar-refractivity contribution in [3.8, 4) is 5.75 Å². The van der Waals surface area contributed by atoms with Crippen LogP contribution < -0.4 is 10.1 Å². The van der Waals surface area contributed by atoms with Crippen LogP contribution in [0.25, 0.3) is 0 Å². The van der Waals surface area contributed by atoms with E-state index in [1.807, 2.05) is 42.5 Å². The Bertz CT molecular complexity index is 793. The third-order valence-electron chi connectivity index (χ3n) is 4.93. The molecule has 0 radical (unpaired) electrons. The highest BCUT2D eigenvalue weighted by molar-refractivity contribution is 5.94. The second-order valence-electron chi connectivity index (χ2n) is 7.00. The monoisotopic (exact) mass is 335 g/mol. The summed E-state index contributed by atoms with van der Waals surface area (Å²) in [4.78, 5) is 23.3. The van der Waals surface area contributed by atoms with Gasteiger partial charge >= 0.3 is 0 Å². The molecule has 1 atom stereocenters. The number of hydrogen-bond donors (Lipinski definition) is 1. The molecule has 1 unspecified atom stereocenters. The maximum absolute atomic E-state index is 12.5. The summed E-state index contributed by atoms with van der Waals surface area (Å²) in [6, 6.07) is 13.1. The van der Waals surface area contributed by atoms with Gasteiger partial charge in [-0.1, -0.05) is 12.1 Å². The van der Waals surface area contributed by atoms with Crippen molar-refractivity contribution in [3.05, 3.63) is 64.7 Å². The molecule has 0 spiro atoms. The molecule has 2 aliphatic carbocycles. The second-order valence-corrected chi connectivity index (χ2v) is 7.00. The number of amides is 1. The first kappa shape index (κ1) is 15.9. The van der Waals surface area contributed by atoms with Gasteiger partial charge in [0.25, 0.3) is 5.91 Å². The summed E-state index contributed by atoms with van der Waals surface area (Å²) in [5.74, 6) is 1.46. The van der Waals surface area contributed by atoms with Crippen molar-refractivity contribution >= 4 is 12.2 Å². The second kappa shape index (κ2) is 6.71. The molecule has 4 rings (SSSR count). The molecule has 25 heavy (non-hydrogen) atoms. The van der Waals surface area contributed by atoms with Gasteiger partial charge in [-0.05, 0) is 73.1 Å². The van der Waals surface area contributed by atoms with Crippen LogP contribution in [-0.4, -0.2) is 24.8 Å². The Morgan fingerprint density at radius 2 is 1.84 bits per heavy atom. The number of aldehydes is 1. The minimum absolute atomic E-state index is 0.0674. The SMILES string of the molecule is O=Cc1ccc2c(c1)CC(NC(=O)c1ccc(OCC3CC3)cc1)C2. The molecule has 1 fully saturated rings. The van der Waals surface area contributed by atoms with Crippen molar-refractivity contribution < 1.29 is 14.3 Å². The van der Waals surface area contributed by atoms with Crippen LogP contribution in [-0.2, 0) is 12.8 Å². The summed E-state index contributed by atoms with van der Waals surface area (Å²) in [7, 11) is 0. The summed E-state index contributed by atoms with van der Waals surface area (Å²) in [5, 5.41) is 3.09. The van der Waals surface area contributed by atoms with E-state index in [4.69, 9.17) is 4.74 Å². The van der Waals surface area contributed by atoms with Gasteiger partial charge in [0.1, 0.15) is 12.0 Å². The first-order valence-corrected chi connectivity index (χ1v) is 8.82. The molecular formula is C21H21NO3. The topological polar surface area (TPSA) is 55.4 Å². The molecule has 1 amide bonds. The van der Waals surface area contributed by atoms with Crippen LogP contribution in [0, 0.1) is 5.92 Å². The van der Waals surface area contributed by atoms with E-state index in [-0.39, 0.29) is 11.9 Å². The number of nitrogens with one attached hydrogen (secondary N) is 1. The van der Waals surface area contributed by atoms with Crippen LogP contribution in [0.15, 0.2) is 42.5 Å². The molecular weight excluding hydrogens is 314 g/mol. The third kappa shape index (κ3) is 3.73. The number of fused-ring (bicyclic) bond motifs is 1. The number of rotatable bonds is 6. The van der Waals surface area contributed by atoms with E-state index in [0.29, 0.717) is 17.0 Å². The normalized spacial score (nSPS) is 18.5. The Morgan fingerprint density at radius 1 is 1.08 bits per heavy atom. The molecule has 0 aromatic heterocycles. The number of carbonyl (C=O) groups is 2. The van der Waals surface area contributed by atoms with E-state index in [9.17, 15) is 9.59 Å². The summed E-state index contributed by atoms with van der Waals surface area (Å²) in [6.07, 6.45) is 4.96. The van der Waals surface area contributed by atoms with E-state index in [0.717, 1.165) is 37.0 Å². The van der Waals surface area contributed by atoms with E-state index in [1.165, 1.54) is 18.4 Å². The summed E-state index contributed by atoms with van der Waals surface area (Å²) in [6.45, 7) is 0.772. The highest BCUT2D eigenvalue weighted by atomic mass is 16.5. The fraction of sp³-hybridized carbons (Fsp3) is 0.333. The van der Waals surface area contributed by atoms with Gasteiger partial charge in [-0.15, -0.1) is 0 Å². The van der Waals surface area contributed by atoms with Crippen LogP contribution in [0.1, 0.15) is 44.7 Å². The molecule has 1 N–H and O–H groups in total. The lowest BCUT2D eigenvalue weighted by molar-refractivity contribution is 0.0938. The van der Waals surface area contributed by atoms with Gasteiger partial charge in [0, 0.05) is 17.2 Å². The maximum atomic E-state index is 12.5. The molecule has 0 bridgehead atoms. The lowest BCUT2D eigenvalue weighted by atomic mass is 10.1. The summed E-state index contributed by atoms with van der Waals surface area (Å²) in [5.41, 5.74) is 3.69. The van der Waals surface area contributed by atoms with Crippen molar-refractivity contribution in [2.75, 3.05) is 6.61 Å². The minimum atomic E-state index is -0.0674. The van der Waals surface area contributed by atoms with Crippen molar-refractivity contribution in [2.45, 2.75) is 31.7 Å². The Balaban J connectivity index is 1.34. The van der Waals surface area contributed by atoms with Crippen molar-refractivity contribution in [1.82, 2.24) is 5.32 Å². The smallest absolute Gasteiger partial charge is 0.251 e. The molecule has 4 heteroatoms. The Morgan fingerprint density at radius 3 is 2.56 bits per heavy atom. The highest BCUT2D eigenvalue weighted by Crippen LogP contribution is 2.29. The predicted octanol–water partition coefficient (Wildman–Crippen LogP) is 3.19. The van der Waals surface area contributed by atoms with E-state index >= 15 is 0 Å². The molecule has 4 nitrogen and oxygen atoms in total. The van der Waals surface area contributed by atoms with Gasteiger partial charge in [0.2, 0.25) is 0 Å². The first-order valence-electron chi connectivity index (χ1n) is 8.82. The zero-order valence-corrected chi connectivity index (χ0v) is 14.0. The third-order valence-corrected chi connectivity index (χ3v) is 4.93. The lowest BCUT2D eigenvalue weighted by Gasteiger charge is -2.12. The Labute approximate surface area is 147 Å². The van der Waals surface area contributed by atoms with Gasteiger partial charge in [0.15, 0.2) is 0 Å². The van der Waals surface area contributed by atoms with Crippen molar-refractivity contribution in [2.24, 2.45) is 5.92 Å². The predicted molar refractivity (Wildman–Crippen MR) is 95.2 cm³/mol. The summed E-state index contributed by atoms with van der Waals surface area (Å²) < 4.78 is 5.70. The minimum Gasteiger partial charge on any atom is -0.493 e. The van der Waals surface area contributed by atoms with E-state index in [1.54, 1.807) is 0 Å². The zero-order valence-electron chi connectivity index (χ0n) is 14.0. The molecule has 2 aromatic rings. The Hall–Kier alpha value is -2.62. The molecule has 2 aromatic carbocycles. The molecule has 0 aliphatic heterocycles. The number of carbonyl (C=O) groups excluding carboxylic acids is 2. The first-order chi connectivity index (χ1) is 12.2. The fourth-order valence-electron chi connectivity index (χ4n) is 3.28. The van der Waals surface area contributed by atoms with Gasteiger partial charge in [-0.3, -0.25) is 9.59 Å². The molecule has 2 aliphatic rings. The maximum Gasteiger partial charge on any atom is 0.251 e. The van der Waals surface area contributed by atoms with Crippen LogP contribution >= 0.6 is 0 Å². The summed E-state index contributed by atoms with van der Waals surface area (Å²) >= 11 is 0. The zero-order chi connectivity index (χ0) is 17.2. The van der Waals surface area contributed by atoms with Gasteiger partial charge in [0.05, 0.1) is 6.61 Å². The molecule has 1 saturated carbocycles. The van der Waals surface area contributed by atoms with E-state index in [2.05, 4.69) is 5.32 Å². The molecule has 0 heterocycles. The highest BCUT2D eigenvalue weighted by Gasteiger charge is 2.24. The number of ether oxygens (including phenoxy) is 1. The van der Waals surface area contributed by atoms with Gasteiger partial charge < -0.3 is 10.1 Å². The average Bonchev–Trinajstić information content (AvgIpc) is 3.38. The standard InChI is InChI=1S/C21H21NO3/c23-12-15-3-4-17-10-19(11-18(17)9-15)22-21(24)16-5-7-20(8-6-16)25-13-14-1-2-14/h3-9,12,14,19H,1-2,10-11,13H2,(H,22,24). The average molecular weight is 335 g/mol. The van der Waals surface area contributed by atoms with E-state index < -0.39 is 0 Å². The number of hydrogen-bond acceptors (Lipinski definition) is 3. The van der Waals surface area contributed by atoms with Crippen LogP contribution in [0.2, 0.25) is 0 Å². The van der Waals surface area contributed by atoms with Crippen LogP contribution in [0.4, 0.5) is 0 Å². The fourth-order valence-corrected chi connectivity index (χ4v) is 3.28. The van der Waals surface area contributed by atoms with Crippen LogP contribution in [0.3, 0.4) is 0 Å². The molecule has 0 saturated heterocycles. The van der Waals surface area contributed by atoms with Gasteiger partial charge in [-0.2, -0.15) is 0 Å². The Kier molecular flexibility index (Phi) is 4.26. The lowest BCUT2D eigenvalue weighted by Crippen LogP contribution is -2.35. The van der Waals surface area contributed by atoms with Gasteiger partial charge in [-0.25, -0.2) is 0 Å². The molecule has 128 valence electrons. The quantitative estimate of drug-likeness (QED) is 0.825. The number of benzene rings is 2. The van der Waals surface area contributed by atoms with Crippen molar-refractivity contribution in [1.29, 1.82) is 0 Å². The largest absolute Gasteiger partial charge is 0.493 e. The van der Waals surface area contributed by atoms with Crippen LogP contribution in [0.5, 0.6) is 5.75 Å².